The van der Waals surface area contributed by atoms with E-state index in [2.05, 4.69) is 0 Å². The number of Topliss-reactive ketones (excluding diaryl/α,β-unsaturated/α-hetero) is 1. The topological polar surface area (TPSA) is 52.6 Å². The minimum absolute atomic E-state index is 0.0919. The smallest absolute Gasteiger partial charge is 0.310 e. The molecule has 164 valence electrons. The van der Waals surface area contributed by atoms with Crippen LogP contribution in [0, 0.1) is 17.3 Å². The third-order valence-electron chi connectivity index (χ3n) is 5.22. The maximum atomic E-state index is 12.6. The highest BCUT2D eigenvalue weighted by molar-refractivity contribution is 6.79. The number of ketones is 1. The molecule has 0 aromatic heterocycles. The van der Waals surface area contributed by atoms with E-state index in [9.17, 15) is 9.59 Å². The van der Waals surface area contributed by atoms with Crippen molar-refractivity contribution in [1.82, 2.24) is 0 Å². The zero-order valence-corrected chi connectivity index (χ0v) is 19.8. The van der Waals surface area contributed by atoms with Crippen LogP contribution in [0.15, 0.2) is 65.7 Å². The molecule has 8 heteroatoms. The molecule has 2 aromatic carbocycles. The number of halogens is 4. The summed E-state index contributed by atoms with van der Waals surface area (Å²) in [6, 6.07) is 16.7. The van der Waals surface area contributed by atoms with Gasteiger partial charge in [-0.3, -0.25) is 9.59 Å². The number of carbonyl (C=O) groups excluding carboxylic acids is 2. The fraction of sp³-hybridized carbons (Fsp3) is 0.304. The van der Waals surface area contributed by atoms with E-state index in [0.29, 0.717) is 11.5 Å². The number of hydrogen-bond donors (Lipinski definition) is 0. The predicted molar refractivity (Wildman–Crippen MR) is 123 cm³/mol. The largest absolute Gasteiger partial charge is 0.461 e. The number of hydrogen-bond acceptors (Lipinski definition) is 4. The van der Waals surface area contributed by atoms with Gasteiger partial charge in [0.15, 0.2) is 0 Å². The molecular formula is C23H20Cl4O4. The Hall–Kier alpha value is -1.72. The SMILES string of the molecule is CC1(C)C(/C=C(/Cl)C(=O)C(Cl)(Cl)Cl)C1C(=O)OCc1cccc(Oc2ccccc2)c1. The van der Waals surface area contributed by atoms with Crippen molar-refractivity contribution in [2.24, 2.45) is 17.3 Å². The average Bonchev–Trinajstić information content (AvgIpc) is 3.25. The Morgan fingerprint density at radius 2 is 1.68 bits per heavy atom. The Morgan fingerprint density at radius 3 is 2.32 bits per heavy atom. The molecule has 0 radical (unpaired) electrons. The van der Waals surface area contributed by atoms with E-state index < -0.39 is 20.9 Å². The highest BCUT2D eigenvalue weighted by Gasteiger charge is 2.61. The fourth-order valence-corrected chi connectivity index (χ4v) is 4.10. The summed E-state index contributed by atoms with van der Waals surface area (Å²) in [6.07, 6.45) is 1.46. The zero-order chi connectivity index (χ0) is 22.8. The van der Waals surface area contributed by atoms with E-state index >= 15 is 0 Å². The number of benzene rings is 2. The standard InChI is InChI=1S/C23H20Cl4O4/c1-22(2)17(12-18(24)20(28)23(25,26)27)19(22)21(29)30-13-14-7-6-10-16(11-14)31-15-8-4-3-5-9-15/h3-12,17,19H,13H2,1-2H3/b18-12+. The van der Waals surface area contributed by atoms with Gasteiger partial charge in [0.2, 0.25) is 5.78 Å². The highest BCUT2D eigenvalue weighted by atomic mass is 35.6. The summed E-state index contributed by atoms with van der Waals surface area (Å²) in [5.41, 5.74) is 0.361. The van der Waals surface area contributed by atoms with Crippen LogP contribution in [-0.4, -0.2) is 15.5 Å². The number of carbonyl (C=O) groups is 2. The van der Waals surface area contributed by atoms with E-state index in [1.54, 1.807) is 0 Å². The Labute approximate surface area is 201 Å². The summed E-state index contributed by atoms with van der Waals surface area (Å²) in [6.45, 7) is 3.87. The Bertz CT molecular complexity index is 996. The molecule has 2 atom stereocenters. The summed E-state index contributed by atoms with van der Waals surface area (Å²) in [7, 11) is 0. The fourth-order valence-electron chi connectivity index (χ4n) is 3.38. The molecule has 0 spiro atoms. The molecule has 0 N–H and O–H groups in total. The van der Waals surface area contributed by atoms with Gasteiger partial charge in [0, 0.05) is 0 Å². The number of allylic oxidation sites excluding steroid dienone is 2. The molecule has 0 bridgehead atoms. The van der Waals surface area contributed by atoms with Crippen LogP contribution >= 0.6 is 46.4 Å². The number of esters is 1. The van der Waals surface area contributed by atoms with Crippen LogP contribution < -0.4 is 4.74 Å². The Morgan fingerprint density at radius 1 is 1.03 bits per heavy atom. The summed E-state index contributed by atoms with van der Waals surface area (Å²) < 4.78 is 9.16. The first-order valence-corrected chi connectivity index (χ1v) is 11.0. The van der Waals surface area contributed by atoms with Crippen molar-refractivity contribution in [3.63, 3.8) is 0 Å². The second-order valence-corrected chi connectivity index (χ2v) is 10.5. The molecule has 1 saturated carbocycles. The van der Waals surface area contributed by atoms with Crippen molar-refractivity contribution >= 4 is 58.2 Å². The van der Waals surface area contributed by atoms with Crippen LogP contribution in [-0.2, 0) is 20.9 Å². The zero-order valence-electron chi connectivity index (χ0n) is 16.8. The van der Waals surface area contributed by atoms with Gasteiger partial charge in [-0.1, -0.05) is 96.7 Å². The second kappa shape index (κ2) is 9.41. The lowest BCUT2D eigenvalue weighted by Crippen LogP contribution is -2.19. The average molecular weight is 502 g/mol. The van der Waals surface area contributed by atoms with Crippen molar-refractivity contribution < 1.29 is 19.1 Å². The molecule has 0 saturated heterocycles. The molecule has 0 amide bonds. The van der Waals surface area contributed by atoms with Gasteiger partial charge in [-0.05, 0) is 41.2 Å². The maximum Gasteiger partial charge on any atom is 0.310 e. The van der Waals surface area contributed by atoms with Crippen LogP contribution in [0.1, 0.15) is 19.4 Å². The highest BCUT2D eigenvalue weighted by Crippen LogP contribution is 2.60. The predicted octanol–water partition coefficient (Wildman–Crippen LogP) is 6.86. The van der Waals surface area contributed by atoms with Crippen LogP contribution in [0.5, 0.6) is 11.5 Å². The number of rotatable bonds is 7. The first-order valence-electron chi connectivity index (χ1n) is 9.47. The van der Waals surface area contributed by atoms with Gasteiger partial charge < -0.3 is 9.47 Å². The van der Waals surface area contributed by atoms with Crippen LogP contribution in [0.25, 0.3) is 0 Å². The van der Waals surface area contributed by atoms with E-state index in [0.717, 1.165) is 5.56 Å². The van der Waals surface area contributed by atoms with Crippen molar-refractivity contribution in [3.05, 3.63) is 71.3 Å². The molecule has 2 aromatic rings. The van der Waals surface area contributed by atoms with Crippen molar-refractivity contribution in [3.8, 4) is 11.5 Å². The number of para-hydroxylation sites is 1. The molecular weight excluding hydrogens is 482 g/mol. The summed E-state index contributed by atoms with van der Waals surface area (Å²) in [5.74, 6) is -0.600. The van der Waals surface area contributed by atoms with E-state index in [1.165, 1.54) is 6.08 Å². The van der Waals surface area contributed by atoms with Crippen LogP contribution in [0.4, 0.5) is 0 Å². The van der Waals surface area contributed by atoms with Gasteiger partial charge in [-0.2, -0.15) is 0 Å². The Kier molecular flexibility index (Phi) is 7.27. The number of alkyl halides is 3. The maximum absolute atomic E-state index is 12.6. The molecule has 4 nitrogen and oxygen atoms in total. The van der Waals surface area contributed by atoms with E-state index in [4.69, 9.17) is 55.9 Å². The van der Waals surface area contributed by atoms with E-state index in [1.807, 2.05) is 68.4 Å². The lowest BCUT2D eigenvalue weighted by atomic mass is 10.1. The summed E-state index contributed by atoms with van der Waals surface area (Å²) in [4.78, 5) is 24.6. The normalized spacial score (nSPS) is 20.1. The monoisotopic (exact) mass is 500 g/mol. The molecule has 1 aliphatic carbocycles. The molecule has 0 heterocycles. The van der Waals surface area contributed by atoms with Gasteiger partial charge in [0.25, 0.3) is 3.79 Å². The lowest BCUT2D eigenvalue weighted by Gasteiger charge is -2.09. The first kappa shape index (κ1) is 23.9. The summed E-state index contributed by atoms with van der Waals surface area (Å²) >= 11 is 22.8. The molecule has 1 fully saturated rings. The van der Waals surface area contributed by atoms with Gasteiger partial charge in [-0.15, -0.1) is 0 Å². The molecule has 3 rings (SSSR count). The molecule has 31 heavy (non-hydrogen) atoms. The van der Waals surface area contributed by atoms with E-state index in [-0.39, 0.29) is 23.5 Å². The first-order chi connectivity index (χ1) is 14.5. The molecule has 2 unspecified atom stereocenters. The van der Waals surface area contributed by atoms with Gasteiger partial charge in [-0.25, -0.2) is 0 Å². The third kappa shape index (κ3) is 5.95. The van der Waals surface area contributed by atoms with Crippen molar-refractivity contribution in [1.29, 1.82) is 0 Å². The number of ether oxygens (including phenoxy) is 2. The third-order valence-corrected chi connectivity index (χ3v) is 6.04. The van der Waals surface area contributed by atoms with Gasteiger partial charge >= 0.3 is 5.97 Å². The molecule has 1 aliphatic rings. The molecule has 0 aliphatic heterocycles. The van der Waals surface area contributed by atoms with Crippen LogP contribution in [0.2, 0.25) is 0 Å². The minimum atomic E-state index is -2.14. The lowest BCUT2D eigenvalue weighted by molar-refractivity contribution is -0.147. The minimum Gasteiger partial charge on any atom is -0.461 e. The quantitative estimate of drug-likeness (QED) is 0.236. The van der Waals surface area contributed by atoms with Crippen molar-refractivity contribution in [2.45, 2.75) is 24.2 Å². The van der Waals surface area contributed by atoms with Crippen LogP contribution in [0.3, 0.4) is 0 Å². The van der Waals surface area contributed by atoms with Crippen molar-refractivity contribution in [2.75, 3.05) is 0 Å². The van der Waals surface area contributed by atoms with Gasteiger partial charge in [0.1, 0.15) is 18.1 Å². The summed E-state index contributed by atoms with van der Waals surface area (Å²) in [5, 5.41) is -0.209. The Balaban J connectivity index is 1.61. The van der Waals surface area contributed by atoms with Gasteiger partial charge in [0.05, 0.1) is 11.0 Å². The second-order valence-electron chi connectivity index (χ2n) is 7.84.